The Morgan fingerprint density at radius 3 is 2.50 bits per heavy atom. The maximum Gasteiger partial charge on any atom is 0.0596 e. The van der Waals surface area contributed by atoms with Crippen LogP contribution in [0.2, 0.25) is 0 Å². The SMILES string of the molecule is OC1CCC(C2(c3cccs3)COC2)CC1. The molecule has 1 N–H and O–H groups in total. The van der Waals surface area contributed by atoms with Crippen LogP contribution < -0.4 is 0 Å². The first-order valence-electron chi connectivity index (χ1n) is 6.11. The van der Waals surface area contributed by atoms with E-state index >= 15 is 0 Å². The molecule has 3 rings (SSSR count). The molecular formula is C13H18O2S. The summed E-state index contributed by atoms with van der Waals surface area (Å²) in [6, 6.07) is 4.38. The Hall–Kier alpha value is -0.380. The predicted molar refractivity (Wildman–Crippen MR) is 64.8 cm³/mol. The molecule has 2 heterocycles. The minimum Gasteiger partial charge on any atom is -0.393 e. The number of aliphatic hydroxyl groups excluding tert-OH is 1. The average molecular weight is 238 g/mol. The largest absolute Gasteiger partial charge is 0.393 e. The van der Waals surface area contributed by atoms with Gasteiger partial charge >= 0.3 is 0 Å². The molecule has 1 saturated carbocycles. The van der Waals surface area contributed by atoms with Gasteiger partial charge < -0.3 is 9.84 Å². The zero-order valence-corrected chi connectivity index (χ0v) is 10.2. The van der Waals surface area contributed by atoms with Crippen molar-refractivity contribution in [2.45, 2.75) is 37.2 Å². The molecule has 0 atom stereocenters. The number of ether oxygens (including phenoxy) is 1. The van der Waals surface area contributed by atoms with Gasteiger partial charge in [-0.25, -0.2) is 0 Å². The van der Waals surface area contributed by atoms with Gasteiger partial charge in [0.25, 0.3) is 0 Å². The molecule has 1 aromatic rings. The summed E-state index contributed by atoms with van der Waals surface area (Å²) in [5.74, 6) is 0.711. The third-order valence-electron chi connectivity index (χ3n) is 4.21. The lowest BCUT2D eigenvalue weighted by Gasteiger charge is -2.48. The van der Waals surface area contributed by atoms with Crippen molar-refractivity contribution in [3.8, 4) is 0 Å². The van der Waals surface area contributed by atoms with Crippen LogP contribution in [0.15, 0.2) is 17.5 Å². The molecule has 0 spiro atoms. The summed E-state index contributed by atoms with van der Waals surface area (Å²) in [7, 11) is 0. The van der Waals surface area contributed by atoms with Crippen molar-refractivity contribution in [1.82, 2.24) is 0 Å². The highest BCUT2D eigenvalue weighted by molar-refractivity contribution is 7.10. The van der Waals surface area contributed by atoms with E-state index in [4.69, 9.17) is 4.74 Å². The van der Waals surface area contributed by atoms with Gasteiger partial charge in [0.2, 0.25) is 0 Å². The van der Waals surface area contributed by atoms with Crippen molar-refractivity contribution in [3.63, 3.8) is 0 Å². The number of thiophene rings is 1. The third kappa shape index (κ3) is 1.62. The summed E-state index contributed by atoms with van der Waals surface area (Å²) in [6.45, 7) is 1.77. The first kappa shape index (κ1) is 10.8. The molecule has 3 heteroatoms. The summed E-state index contributed by atoms with van der Waals surface area (Å²) in [5.41, 5.74) is 0.286. The van der Waals surface area contributed by atoms with Gasteiger partial charge in [0.15, 0.2) is 0 Å². The highest BCUT2D eigenvalue weighted by Gasteiger charge is 2.48. The Balaban J connectivity index is 1.80. The summed E-state index contributed by atoms with van der Waals surface area (Å²) in [6.07, 6.45) is 4.19. The van der Waals surface area contributed by atoms with E-state index in [0.29, 0.717) is 5.92 Å². The Bertz CT molecular complexity index is 335. The molecule has 2 fully saturated rings. The lowest BCUT2D eigenvalue weighted by molar-refractivity contribution is -0.101. The van der Waals surface area contributed by atoms with Crippen LogP contribution in [0.1, 0.15) is 30.6 Å². The van der Waals surface area contributed by atoms with Gasteiger partial charge in [-0.3, -0.25) is 0 Å². The van der Waals surface area contributed by atoms with E-state index in [0.717, 1.165) is 38.9 Å². The highest BCUT2D eigenvalue weighted by Crippen LogP contribution is 2.47. The smallest absolute Gasteiger partial charge is 0.0596 e. The van der Waals surface area contributed by atoms with E-state index in [1.807, 2.05) is 11.3 Å². The number of hydrogen-bond acceptors (Lipinski definition) is 3. The highest BCUT2D eigenvalue weighted by atomic mass is 32.1. The quantitative estimate of drug-likeness (QED) is 0.858. The van der Waals surface area contributed by atoms with Crippen LogP contribution in [0.25, 0.3) is 0 Å². The van der Waals surface area contributed by atoms with Crippen LogP contribution in [0, 0.1) is 5.92 Å². The Kier molecular flexibility index (Phi) is 2.78. The summed E-state index contributed by atoms with van der Waals surface area (Å²) in [5, 5.41) is 11.7. The molecule has 88 valence electrons. The van der Waals surface area contributed by atoms with E-state index in [-0.39, 0.29) is 11.5 Å². The minimum atomic E-state index is -0.0577. The van der Waals surface area contributed by atoms with Crippen molar-refractivity contribution in [2.24, 2.45) is 5.92 Å². The van der Waals surface area contributed by atoms with E-state index < -0.39 is 0 Å². The fourth-order valence-electron chi connectivity index (χ4n) is 3.09. The zero-order valence-electron chi connectivity index (χ0n) is 9.39. The molecular weight excluding hydrogens is 220 g/mol. The van der Waals surface area contributed by atoms with E-state index in [2.05, 4.69) is 17.5 Å². The molecule has 0 radical (unpaired) electrons. The van der Waals surface area contributed by atoms with Crippen molar-refractivity contribution in [1.29, 1.82) is 0 Å². The van der Waals surface area contributed by atoms with Gasteiger partial charge in [0.05, 0.1) is 24.7 Å². The molecule has 1 aliphatic carbocycles. The van der Waals surface area contributed by atoms with Crippen LogP contribution >= 0.6 is 11.3 Å². The van der Waals surface area contributed by atoms with Crippen molar-refractivity contribution < 1.29 is 9.84 Å². The summed E-state index contributed by atoms with van der Waals surface area (Å²) >= 11 is 1.86. The van der Waals surface area contributed by atoms with E-state index in [1.54, 1.807) is 0 Å². The Morgan fingerprint density at radius 1 is 1.25 bits per heavy atom. The molecule has 2 aliphatic rings. The number of aliphatic hydroxyl groups is 1. The lowest BCUT2D eigenvalue weighted by Crippen LogP contribution is -2.53. The van der Waals surface area contributed by atoms with Gasteiger partial charge in [-0.05, 0) is 43.0 Å². The second-order valence-electron chi connectivity index (χ2n) is 5.13. The van der Waals surface area contributed by atoms with Crippen LogP contribution in [0.3, 0.4) is 0 Å². The van der Waals surface area contributed by atoms with Crippen LogP contribution in [0.5, 0.6) is 0 Å². The van der Waals surface area contributed by atoms with Gasteiger partial charge in [0.1, 0.15) is 0 Å². The first-order valence-corrected chi connectivity index (χ1v) is 6.99. The van der Waals surface area contributed by atoms with Gasteiger partial charge in [-0.2, -0.15) is 0 Å². The van der Waals surface area contributed by atoms with Crippen molar-refractivity contribution in [3.05, 3.63) is 22.4 Å². The topological polar surface area (TPSA) is 29.5 Å². The predicted octanol–water partition coefficient (Wildman–Crippen LogP) is 2.57. The Morgan fingerprint density at radius 2 is 2.00 bits per heavy atom. The molecule has 0 aromatic carbocycles. The standard InChI is InChI=1S/C13H18O2S/c14-11-5-3-10(4-6-11)13(8-15-9-13)12-2-1-7-16-12/h1-2,7,10-11,14H,3-6,8-9H2. The first-order chi connectivity index (χ1) is 7.81. The zero-order chi connectivity index (χ0) is 11.0. The maximum atomic E-state index is 9.59. The fourth-order valence-corrected chi connectivity index (χ4v) is 4.07. The third-order valence-corrected chi connectivity index (χ3v) is 5.30. The van der Waals surface area contributed by atoms with Crippen molar-refractivity contribution >= 4 is 11.3 Å². The molecule has 1 saturated heterocycles. The second-order valence-corrected chi connectivity index (χ2v) is 6.08. The molecule has 0 unspecified atom stereocenters. The van der Waals surface area contributed by atoms with Crippen LogP contribution in [0.4, 0.5) is 0 Å². The summed E-state index contributed by atoms with van der Waals surface area (Å²) < 4.78 is 5.49. The molecule has 1 aliphatic heterocycles. The van der Waals surface area contributed by atoms with Crippen LogP contribution in [-0.2, 0) is 10.2 Å². The van der Waals surface area contributed by atoms with Crippen LogP contribution in [-0.4, -0.2) is 24.4 Å². The van der Waals surface area contributed by atoms with Gasteiger partial charge in [-0.1, -0.05) is 6.07 Å². The molecule has 0 bridgehead atoms. The minimum absolute atomic E-state index is 0.0577. The number of rotatable bonds is 2. The Labute approximate surface area is 100 Å². The lowest BCUT2D eigenvalue weighted by atomic mass is 9.66. The van der Waals surface area contributed by atoms with E-state index in [9.17, 15) is 5.11 Å². The van der Waals surface area contributed by atoms with E-state index in [1.165, 1.54) is 4.88 Å². The summed E-state index contributed by atoms with van der Waals surface area (Å²) in [4.78, 5) is 1.49. The van der Waals surface area contributed by atoms with Gasteiger partial charge in [0, 0.05) is 4.88 Å². The molecule has 2 nitrogen and oxygen atoms in total. The fraction of sp³-hybridized carbons (Fsp3) is 0.692. The average Bonchev–Trinajstić information content (AvgIpc) is 2.73. The maximum absolute atomic E-state index is 9.59. The molecule has 1 aromatic heterocycles. The molecule has 16 heavy (non-hydrogen) atoms. The van der Waals surface area contributed by atoms with Crippen molar-refractivity contribution in [2.75, 3.05) is 13.2 Å². The number of hydrogen-bond donors (Lipinski definition) is 1. The molecule has 0 amide bonds. The van der Waals surface area contributed by atoms with Gasteiger partial charge in [-0.15, -0.1) is 11.3 Å². The normalized spacial score (nSPS) is 33.3. The second kappa shape index (κ2) is 4.13. The monoisotopic (exact) mass is 238 g/mol.